The van der Waals surface area contributed by atoms with E-state index >= 15 is 0 Å². The quantitative estimate of drug-likeness (QED) is 0.0510. The number of anilines is 1. The second-order valence-corrected chi connectivity index (χ2v) is 22.4. The van der Waals surface area contributed by atoms with Gasteiger partial charge >= 0.3 is 12.1 Å². The number of carbonyl (C=O) groups excluding carboxylic acids is 10. The number of hydrogen-bond acceptors (Lipinski definition) is 13. The van der Waals surface area contributed by atoms with Crippen LogP contribution in [0.1, 0.15) is 145 Å². The van der Waals surface area contributed by atoms with Crippen molar-refractivity contribution < 1.29 is 57.4 Å². The number of carbonyl (C=O) groups is 10. The van der Waals surface area contributed by atoms with Crippen molar-refractivity contribution in [3.05, 3.63) is 29.8 Å². The normalized spacial score (nSPS) is 17.2. The number of amides is 9. The number of primary amides is 1. The molecular formula is C57H93N9O12. The summed E-state index contributed by atoms with van der Waals surface area (Å²) < 4.78 is 11.8. The predicted molar refractivity (Wildman–Crippen MR) is 296 cm³/mol. The van der Waals surface area contributed by atoms with Gasteiger partial charge in [0.2, 0.25) is 35.6 Å². The largest absolute Gasteiger partial charge is 0.431 e. The molecule has 438 valence electrons. The minimum atomic E-state index is -1.44. The molecule has 0 bridgehead atoms. The van der Waals surface area contributed by atoms with Crippen molar-refractivity contribution in [3.8, 4) is 0 Å². The van der Waals surface area contributed by atoms with Crippen LogP contribution in [0.15, 0.2) is 24.3 Å². The van der Waals surface area contributed by atoms with E-state index in [4.69, 9.17) is 15.2 Å². The standard InChI is InChI=1S/C57H93N9O12/c1-14-38(8)51(39(9)77-13)63(11)54(73)43(35(2)3)34-45(68)50(37(6)7)64(12)57(76)78-52(55(74)65-31-29-62(10)30-32-65)40-21-23-42(24-22-40)60-53(72)41(19-18-27-59-56(58)75)33-44(67)49(36(4)5)61-46(69)20-16-15-17-28-66-47(70)25-26-48(66)71/h21-24,35-39,41,43,49-52H,14-20,25-34H2,1-13H3,(H,60,72)(H,61,69)(H3,58,59,75)/t38-,39+,41+,43-,49-,50-,51-,52?/m0/s1. The van der Waals surface area contributed by atoms with Crippen LogP contribution in [0.4, 0.5) is 15.3 Å². The zero-order chi connectivity index (χ0) is 58.6. The third-order valence-electron chi connectivity index (χ3n) is 15.4. The Morgan fingerprint density at radius 1 is 0.756 bits per heavy atom. The number of piperazine rings is 1. The smallest absolute Gasteiger partial charge is 0.411 e. The minimum absolute atomic E-state index is 0.124. The zero-order valence-corrected chi connectivity index (χ0v) is 48.9. The molecule has 0 aliphatic carbocycles. The Bertz CT molecular complexity index is 2170. The van der Waals surface area contributed by atoms with Crippen LogP contribution < -0.4 is 21.7 Å². The molecule has 1 unspecified atom stereocenters. The molecule has 21 nitrogen and oxygen atoms in total. The molecule has 2 heterocycles. The Balaban J connectivity index is 1.83. The first-order chi connectivity index (χ1) is 36.7. The van der Waals surface area contributed by atoms with Gasteiger partial charge in [-0.15, -0.1) is 0 Å². The lowest BCUT2D eigenvalue weighted by Crippen LogP contribution is -2.52. The Labute approximate surface area is 463 Å². The summed E-state index contributed by atoms with van der Waals surface area (Å²) in [6.07, 6.45) is 0.553. The number of Topliss-reactive ketones (excluding diaryl/α,β-unsaturated/α-hetero) is 2. The van der Waals surface area contributed by atoms with Crippen molar-refractivity contribution in [3.63, 3.8) is 0 Å². The monoisotopic (exact) mass is 1100 g/mol. The van der Waals surface area contributed by atoms with Gasteiger partial charge in [-0.05, 0) is 75.5 Å². The number of benzene rings is 1. The number of methoxy groups -OCH3 is 1. The third-order valence-corrected chi connectivity index (χ3v) is 15.4. The van der Waals surface area contributed by atoms with Gasteiger partial charge in [0.25, 0.3) is 5.91 Å². The first-order valence-electron chi connectivity index (χ1n) is 28.1. The van der Waals surface area contributed by atoms with Crippen molar-refractivity contribution in [1.82, 2.24) is 35.1 Å². The Morgan fingerprint density at radius 2 is 1.37 bits per heavy atom. The number of nitrogens with one attached hydrogen (secondary N) is 3. The van der Waals surface area contributed by atoms with E-state index in [0.29, 0.717) is 69.7 Å². The maximum atomic E-state index is 14.4. The van der Waals surface area contributed by atoms with Crippen molar-refractivity contribution in [1.29, 1.82) is 0 Å². The van der Waals surface area contributed by atoms with Crippen LogP contribution in [0, 0.1) is 35.5 Å². The summed E-state index contributed by atoms with van der Waals surface area (Å²) in [5, 5.41) is 8.21. The number of likely N-dealkylation sites (tertiary alicyclic amines) is 1. The van der Waals surface area contributed by atoms with Crippen molar-refractivity contribution in [2.75, 3.05) is 72.8 Å². The number of nitrogens with zero attached hydrogens (tertiary/aromatic N) is 5. The minimum Gasteiger partial charge on any atom is -0.431 e. The van der Waals surface area contributed by atoms with E-state index in [0.717, 1.165) is 6.42 Å². The SMILES string of the molecule is CC[C@H](C)[C@@H]([C@@H](C)OC)N(C)C(=O)[C@@H](CC(=O)[C@H](C(C)C)N(C)C(=O)OC(C(=O)N1CCN(C)CC1)c1ccc(NC(=O)[C@H](CCCNC(N)=O)CC(=O)[C@@H](NC(=O)CCCCCN2C(=O)CCC2=O)C(C)C)cc1)C(C)C. The highest BCUT2D eigenvalue weighted by atomic mass is 16.6. The number of urea groups is 1. The van der Waals surface area contributed by atoms with E-state index in [9.17, 15) is 47.9 Å². The lowest BCUT2D eigenvalue weighted by atomic mass is 9.84. The van der Waals surface area contributed by atoms with Crippen LogP contribution in [0.3, 0.4) is 0 Å². The van der Waals surface area contributed by atoms with Gasteiger partial charge in [0.15, 0.2) is 11.6 Å². The third kappa shape index (κ3) is 19.7. The van der Waals surface area contributed by atoms with Gasteiger partial charge in [0, 0.05) is 116 Å². The van der Waals surface area contributed by atoms with Gasteiger partial charge in [-0.1, -0.05) is 80.4 Å². The number of likely N-dealkylation sites (N-methyl/N-ethyl adjacent to an activating group) is 3. The second kappa shape index (κ2) is 32.2. The number of hydrogen-bond donors (Lipinski definition) is 4. The van der Waals surface area contributed by atoms with Gasteiger partial charge in [0.1, 0.15) is 0 Å². The number of ketones is 2. The summed E-state index contributed by atoms with van der Waals surface area (Å²) in [6, 6.07) is 3.37. The molecule has 2 saturated heterocycles. The molecule has 0 radical (unpaired) electrons. The lowest BCUT2D eigenvalue weighted by molar-refractivity contribution is -0.145. The summed E-state index contributed by atoms with van der Waals surface area (Å²) in [7, 11) is 6.76. The summed E-state index contributed by atoms with van der Waals surface area (Å²) in [6.45, 7) is 19.4. The van der Waals surface area contributed by atoms with Gasteiger partial charge in [0.05, 0.1) is 24.2 Å². The predicted octanol–water partition coefficient (Wildman–Crippen LogP) is 5.55. The molecule has 3 rings (SSSR count). The Morgan fingerprint density at radius 3 is 1.91 bits per heavy atom. The van der Waals surface area contributed by atoms with Gasteiger partial charge in [-0.3, -0.25) is 43.3 Å². The highest BCUT2D eigenvalue weighted by Gasteiger charge is 2.40. The fourth-order valence-corrected chi connectivity index (χ4v) is 10.4. The molecule has 21 heteroatoms. The summed E-state index contributed by atoms with van der Waals surface area (Å²) in [5.41, 5.74) is 5.89. The van der Waals surface area contributed by atoms with Crippen LogP contribution in [0.25, 0.3) is 0 Å². The van der Waals surface area contributed by atoms with E-state index in [-0.39, 0.29) is 110 Å². The molecular weight excluding hydrogens is 1000 g/mol. The molecule has 9 amide bonds. The Hall–Kier alpha value is -5.96. The summed E-state index contributed by atoms with van der Waals surface area (Å²) in [4.78, 5) is 142. The number of ether oxygens (including phenoxy) is 2. The zero-order valence-electron chi connectivity index (χ0n) is 48.9. The van der Waals surface area contributed by atoms with Gasteiger partial charge < -0.3 is 50.8 Å². The van der Waals surface area contributed by atoms with Crippen LogP contribution in [-0.4, -0.2) is 175 Å². The van der Waals surface area contributed by atoms with Crippen molar-refractivity contribution in [2.24, 2.45) is 41.2 Å². The van der Waals surface area contributed by atoms with Crippen LogP contribution in [0.5, 0.6) is 0 Å². The number of nitrogens with two attached hydrogens (primary N) is 1. The molecule has 0 aromatic heterocycles. The van der Waals surface area contributed by atoms with Crippen LogP contribution >= 0.6 is 0 Å². The highest BCUT2D eigenvalue weighted by molar-refractivity contribution is 6.02. The topological polar surface area (TPSA) is 267 Å². The maximum Gasteiger partial charge on any atom is 0.411 e. The highest BCUT2D eigenvalue weighted by Crippen LogP contribution is 2.30. The molecule has 0 saturated carbocycles. The first kappa shape index (κ1) is 66.3. The molecule has 1 aromatic carbocycles. The molecule has 5 N–H and O–H groups in total. The van der Waals surface area contributed by atoms with Crippen LogP contribution in [0.2, 0.25) is 0 Å². The number of imide groups is 1. The van der Waals surface area contributed by atoms with E-state index in [1.165, 1.54) is 16.8 Å². The fourth-order valence-electron chi connectivity index (χ4n) is 10.4. The average Bonchev–Trinajstić information content (AvgIpc) is 3.71. The van der Waals surface area contributed by atoms with Crippen LogP contribution in [-0.2, 0) is 47.8 Å². The molecule has 2 fully saturated rings. The average molecular weight is 1100 g/mol. The summed E-state index contributed by atoms with van der Waals surface area (Å²) >= 11 is 0. The van der Waals surface area contributed by atoms with E-state index in [1.807, 2.05) is 41.7 Å². The molecule has 0 spiro atoms. The molecule has 2 aliphatic heterocycles. The molecule has 2 aliphatic rings. The lowest BCUT2D eigenvalue weighted by Gasteiger charge is -2.39. The van der Waals surface area contributed by atoms with E-state index in [1.54, 1.807) is 62.1 Å². The van der Waals surface area contributed by atoms with Gasteiger partial charge in [-0.25, -0.2) is 9.59 Å². The van der Waals surface area contributed by atoms with E-state index < -0.39 is 59.9 Å². The number of rotatable bonds is 32. The second-order valence-electron chi connectivity index (χ2n) is 22.4. The molecule has 78 heavy (non-hydrogen) atoms. The fraction of sp³-hybridized carbons (Fsp3) is 0.719. The summed E-state index contributed by atoms with van der Waals surface area (Å²) in [5.74, 6) is -4.91. The van der Waals surface area contributed by atoms with E-state index in [2.05, 4.69) is 34.7 Å². The maximum absolute atomic E-state index is 14.4. The molecule has 1 aromatic rings. The van der Waals surface area contributed by atoms with Crippen molar-refractivity contribution in [2.45, 2.75) is 163 Å². The molecule has 8 atom stereocenters. The van der Waals surface area contributed by atoms with Gasteiger partial charge in [-0.2, -0.15) is 0 Å². The van der Waals surface area contributed by atoms with Crippen molar-refractivity contribution >= 4 is 64.8 Å². The first-order valence-corrected chi connectivity index (χ1v) is 28.1. The number of unbranched alkanes of at least 4 members (excludes halogenated alkanes) is 2. The Kier molecular flexibility index (Phi) is 27.4.